The minimum absolute atomic E-state index is 0.0263. The van der Waals surface area contributed by atoms with Crippen molar-refractivity contribution < 1.29 is 14.3 Å². The van der Waals surface area contributed by atoms with Gasteiger partial charge in [-0.25, -0.2) is 0 Å². The largest absolute Gasteiger partial charge is 0.426 e. The first kappa shape index (κ1) is 12.9. The number of alkyl halides is 1. The molecule has 0 radical (unpaired) electrons. The monoisotopic (exact) mass is 267 g/mol. The minimum atomic E-state index is -0.465. The Morgan fingerprint density at radius 3 is 2.78 bits per heavy atom. The Morgan fingerprint density at radius 2 is 2.11 bits per heavy atom. The maximum Gasteiger partial charge on any atom is 0.326 e. The molecule has 0 fully saturated rings. The van der Waals surface area contributed by atoms with Gasteiger partial charge in [0.1, 0.15) is 11.6 Å². The minimum Gasteiger partial charge on any atom is -0.426 e. The molecular formula is C13H14ClNO3. The van der Waals surface area contributed by atoms with Crippen molar-refractivity contribution in [2.24, 2.45) is 0 Å². The van der Waals surface area contributed by atoms with Crippen LogP contribution in [0.4, 0.5) is 0 Å². The van der Waals surface area contributed by atoms with Gasteiger partial charge in [-0.1, -0.05) is 6.07 Å². The average Bonchev–Trinajstić information content (AvgIpc) is 2.69. The highest BCUT2D eigenvalue weighted by molar-refractivity contribution is 6.26. The summed E-state index contributed by atoms with van der Waals surface area (Å²) in [5, 5.41) is 2.89. The molecule has 1 aliphatic carbocycles. The number of carbonyl (C=O) groups excluding carboxylic acids is 2. The van der Waals surface area contributed by atoms with Crippen LogP contribution in [-0.4, -0.2) is 23.8 Å². The van der Waals surface area contributed by atoms with Crippen LogP contribution in [0.5, 0.6) is 5.75 Å². The molecule has 1 amide bonds. The SMILES string of the molecule is CC(=O)NC1Cc2ccc(OC(=O)CCl)cc2C1. The maximum atomic E-state index is 11.1. The van der Waals surface area contributed by atoms with Gasteiger partial charge in [0, 0.05) is 13.0 Å². The van der Waals surface area contributed by atoms with E-state index in [4.69, 9.17) is 16.3 Å². The van der Waals surface area contributed by atoms with E-state index in [1.54, 1.807) is 6.07 Å². The molecule has 2 rings (SSSR count). The summed E-state index contributed by atoms with van der Waals surface area (Å²) in [5.41, 5.74) is 2.29. The van der Waals surface area contributed by atoms with Gasteiger partial charge in [0.05, 0.1) is 0 Å². The van der Waals surface area contributed by atoms with Gasteiger partial charge in [0.2, 0.25) is 5.91 Å². The number of esters is 1. The van der Waals surface area contributed by atoms with Crippen molar-refractivity contribution in [3.8, 4) is 5.75 Å². The second-order valence-electron chi connectivity index (χ2n) is 4.34. The second-order valence-corrected chi connectivity index (χ2v) is 4.61. The molecule has 96 valence electrons. The molecule has 0 heterocycles. The molecule has 0 aliphatic heterocycles. The fourth-order valence-electron chi connectivity index (χ4n) is 2.21. The summed E-state index contributed by atoms with van der Waals surface area (Å²) in [7, 11) is 0. The third-order valence-electron chi connectivity index (χ3n) is 2.86. The summed E-state index contributed by atoms with van der Waals surface area (Å²) in [4.78, 5) is 22.1. The summed E-state index contributed by atoms with van der Waals surface area (Å²) >= 11 is 5.38. The molecule has 0 bridgehead atoms. The number of nitrogens with one attached hydrogen (secondary N) is 1. The molecule has 1 atom stereocenters. The van der Waals surface area contributed by atoms with Gasteiger partial charge in [-0.3, -0.25) is 9.59 Å². The Morgan fingerprint density at radius 1 is 1.39 bits per heavy atom. The number of fused-ring (bicyclic) bond motifs is 1. The van der Waals surface area contributed by atoms with E-state index < -0.39 is 5.97 Å². The first-order valence-corrected chi connectivity index (χ1v) is 6.27. The lowest BCUT2D eigenvalue weighted by Crippen LogP contribution is -2.33. The smallest absolute Gasteiger partial charge is 0.326 e. The van der Waals surface area contributed by atoms with Crippen molar-refractivity contribution in [2.45, 2.75) is 25.8 Å². The summed E-state index contributed by atoms with van der Waals surface area (Å²) in [6.07, 6.45) is 1.58. The Balaban J connectivity index is 2.07. The van der Waals surface area contributed by atoms with Crippen LogP contribution >= 0.6 is 11.6 Å². The first-order valence-electron chi connectivity index (χ1n) is 5.74. The lowest BCUT2D eigenvalue weighted by atomic mass is 10.1. The molecule has 1 aromatic rings. The number of carbonyl (C=O) groups is 2. The van der Waals surface area contributed by atoms with Crippen LogP contribution in [0.1, 0.15) is 18.1 Å². The summed E-state index contributed by atoms with van der Waals surface area (Å²) < 4.78 is 5.05. The number of hydrogen-bond donors (Lipinski definition) is 1. The third kappa shape index (κ3) is 3.01. The predicted octanol–water partition coefficient (Wildman–Crippen LogP) is 1.43. The summed E-state index contributed by atoms with van der Waals surface area (Å²) in [6.45, 7) is 1.51. The molecule has 1 N–H and O–H groups in total. The van der Waals surface area contributed by atoms with E-state index in [0.717, 1.165) is 18.4 Å². The number of benzene rings is 1. The zero-order valence-electron chi connectivity index (χ0n) is 10.0. The van der Waals surface area contributed by atoms with E-state index in [9.17, 15) is 9.59 Å². The molecule has 5 heteroatoms. The maximum absolute atomic E-state index is 11.1. The number of ether oxygens (including phenoxy) is 1. The molecule has 1 unspecified atom stereocenters. The number of rotatable bonds is 3. The molecule has 0 saturated heterocycles. The molecule has 0 spiro atoms. The Kier molecular flexibility index (Phi) is 3.87. The van der Waals surface area contributed by atoms with Gasteiger partial charge < -0.3 is 10.1 Å². The fourth-order valence-corrected chi connectivity index (χ4v) is 2.26. The molecule has 0 saturated carbocycles. The highest BCUT2D eigenvalue weighted by atomic mass is 35.5. The van der Waals surface area contributed by atoms with Crippen molar-refractivity contribution in [1.82, 2.24) is 5.32 Å². The quantitative estimate of drug-likeness (QED) is 0.512. The molecule has 1 aromatic carbocycles. The van der Waals surface area contributed by atoms with Gasteiger partial charge in [-0.15, -0.1) is 11.6 Å². The highest BCUT2D eigenvalue weighted by Crippen LogP contribution is 2.26. The standard InChI is InChI=1S/C13H14ClNO3/c1-8(16)15-11-4-9-2-3-12(6-10(9)5-11)18-13(17)7-14/h2-3,6,11H,4-5,7H2,1H3,(H,15,16). The lowest BCUT2D eigenvalue weighted by Gasteiger charge is -2.08. The van der Waals surface area contributed by atoms with Crippen molar-refractivity contribution in [1.29, 1.82) is 0 Å². The van der Waals surface area contributed by atoms with Crippen molar-refractivity contribution in [3.63, 3.8) is 0 Å². The Bertz CT molecular complexity index is 487. The van der Waals surface area contributed by atoms with Crippen LogP contribution in [0, 0.1) is 0 Å². The highest BCUT2D eigenvalue weighted by Gasteiger charge is 2.22. The van der Waals surface area contributed by atoms with Crippen LogP contribution in [-0.2, 0) is 22.4 Å². The Labute approximate surface area is 110 Å². The topological polar surface area (TPSA) is 55.4 Å². The van der Waals surface area contributed by atoms with E-state index in [2.05, 4.69) is 5.32 Å². The Hall–Kier alpha value is -1.55. The third-order valence-corrected chi connectivity index (χ3v) is 3.08. The van der Waals surface area contributed by atoms with E-state index >= 15 is 0 Å². The van der Waals surface area contributed by atoms with Crippen molar-refractivity contribution in [3.05, 3.63) is 29.3 Å². The van der Waals surface area contributed by atoms with Crippen LogP contribution in [0.15, 0.2) is 18.2 Å². The summed E-state index contributed by atoms with van der Waals surface area (Å²) in [5.74, 6) is -0.150. The molecule has 18 heavy (non-hydrogen) atoms. The van der Waals surface area contributed by atoms with Crippen molar-refractivity contribution in [2.75, 3.05) is 5.88 Å². The van der Waals surface area contributed by atoms with Crippen LogP contribution in [0.25, 0.3) is 0 Å². The van der Waals surface area contributed by atoms with Gasteiger partial charge in [0.25, 0.3) is 0 Å². The zero-order chi connectivity index (χ0) is 13.1. The lowest BCUT2D eigenvalue weighted by molar-refractivity contribution is -0.131. The normalized spacial score (nSPS) is 17.1. The molecule has 4 nitrogen and oxygen atoms in total. The summed E-state index contributed by atoms with van der Waals surface area (Å²) in [6, 6.07) is 5.64. The van der Waals surface area contributed by atoms with Crippen LogP contribution < -0.4 is 10.1 Å². The van der Waals surface area contributed by atoms with Gasteiger partial charge >= 0.3 is 5.97 Å². The van der Waals surface area contributed by atoms with Gasteiger partial charge in [0.15, 0.2) is 0 Å². The van der Waals surface area contributed by atoms with Gasteiger partial charge in [-0.05, 0) is 36.1 Å². The van der Waals surface area contributed by atoms with Crippen LogP contribution in [0.3, 0.4) is 0 Å². The van der Waals surface area contributed by atoms with E-state index in [0.29, 0.717) is 5.75 Å². The number of hydrogen-bond acceptors (Lipinski definition) is 3. The average molecular weight is 268 g/mol. The molecular weight excluding hydrogens is 254 g/mol. The van der Waals surface area contributed by atoms with E-state index in [-0.39, 0.29) is 17.8 Å². The van der Waals surface area contributed by atoms with Crippen LogP contribution in [0.2, 0.25) is 0 Å². The molecule has 0 aromatic heterocycles. The predicted molar refractivity (Wildman–Crippen MR) is 67.8 cm³/mol. The number of halogens is 1. The first-order chi connectivity index (χ1) is 8.58. The van der Waals surface area contributed by atoms with E-state index in [1.807, 2.05) is 12.1 Å². The van der Waals surface area contributed by atoms with E-state index in [1.165, 1.54) is 12.5 Å². The molecule has 1 aliphatic rings. The number of amides is 1. The fraction of sp³-hybridized carbons (Fsp3) is 0.385. The van der Waals surface area contributed by atoms with Crippen molar-refractivity contribution >= 4 is 23.5 Å². The zero-order valence-corrected chi connectivity index (χ0v) is 10.8. The second kappa shape index (κ2) is 5.40. The van der Waals surface area contributed by atoms with Gasteiger partial charge in [-0.2, -0.15) is 0 Å².